The van der Waals surface area contributed by atoms with Crippen molar-refractivity contribution in [1.82, 2.24) is 15.5 Å². The second-order valence-electron chi connectivity index (χ2n) is 5.81. The predicted molar refractivity (Wildman–Crippen MR) is 80.5 cm³/mol. The molecular formula is C15H26N4O. The molecule has 0 spiro atoms. The Morgan fingerprint density at radius 2 is 2.05 bits per heavy atom. The number of carbonyl (C=O) groups is 1. The molecule has 112 valence electrons. The maximum Gasteiger partial charge on any atom is 0.274 e. The lowest BCUT2D eigenvalue weighted by Gasteiger charge is -2.28. The first kappa shape index (κ1) is 14.9. The Balaban J connectivity index is 1.92. The van der Waals surface area contributed by atoms with E-state index >= 15 is 0 Å². The van der Waals surface area contributed by atoms with Gasteiger partial charge in [-0.05, 0) is 38.0 Å². The Morgan fingerprint density at radius 3 is 2.65 bits per heavy atom. The van der Waals surface area contributed by atoms with Gasteiger partial charge in [0.05, 0.1) is 11.4 Å². The van der Waals surface area contributed by atoms with E-state index in [1.807, 2.05) is 0 Å². The molecule has 1 saturated carbocycles. The number of aryl methyl sites for hydroxylation is 1. The number of nitrogens with one attached hydrogen (secondary N) is 2. The Hall–Kier alpha value is -1.52. The number of hydrogen-bond acceptors (Lipinski definition) is 3. The standard InChI is InChI=1S/C15H26N4O/c1-3-5-12-13(16)14(19-18-12)15(20)17-11-8-6-10(4-2)7-9-11/h10-11H,3-9,16H2,1-2H3,(H,17,20)(H,18,19). The number of nitrogens with two attached hydrogens (primary N) is 1. The van der Waals surface area contributed by atoms with E-state index in [1.54, 1.807) is 0 Å². The number of aromatic amines is 1. The summed E-state index contributed by atoms with van der Waals surface area (Å²) in [5.41, 5.74) is 7.71. The van der Waals surface area contributed by atoms with E-state index in [1.165, 1.54) is 19.3 Å². The van der Waals surface area contributed by atoms with Gasteiger partial charge in [0.25, 0.3) is 5.91 Å². The lowest BCUT2D eigenvalue weighted by Crippen LogP contribution is -2.38. The van der Waals surface area contributed by atoms with Crippen molar-refractivity contribution in [3.8, 4) is 0 Å². The highest BCUT2D eigenvalue weighted by Crippen LogP contribution is 2.26. The number of carbonyl (C=O) groups excluding carboxylic acids is 1. The molecular weight excluding hydrogens is 252 g/mol. The maximum absolute atomic E-state index is 12.2. The number of rotatable bonds is 5. The summed E-state index contributed by atoms with van der Waals surface area (Å²) in [4.78, 5) is 12.2. The molecule has 0 radical (unpaired) electrons. The number of nitrogens with zero attached hydrogens (tertiary/aromatic N) is 1. The van der Waals surface area contributed by atoms with Gasteiger partial charge in [0.1, 0.15) is 0 Å². The molecule has 1 aliphatic rings. The Kier molecular flexibility index (Phi) is 5.04. The number of nitrogen functional groups attached to an aromatic ring is 1. The fraction of sp³-hybridized carbons (Fsp3) is 0.733. The van der Waals surface area contributed by atoms with Crippen molar-refractivity contribution in [2.45, 2.75) is 64.8 Å². The van der Waals surface area contributed by atoms with Crippen LogP contribution in [-0.2, 0) is 6.42 Å². The van der Waals surface area contributed by atoms with E-state index in [0.29, 0.717) is 11.4 Å². The van der Waals surface area contributed by atoms with Crippen LogP contribution in [0.1, 0.15) is 68.6 Å². The molecule has 2 rings (SSSR count). The van der Waals surface area contributed by atoms with Gasteiger partial charge in [0.15, 0.2) is 5.69 Å². The zero-order valence-electron chi connectivity index (χ0n) is 12.5. The molecule has 0 aliphatic heterocycles. The Morgan fingerprint density at radius 1 is 1.35 bits per heavy atom. The van der Waals surface area contributed by atoms with Crippen LogP contribution < -0.4 is 11.1 Å². The summed E-state index contributed by atoms with van der Waals surface area (Å²) in [5.74, 6) is 0.691. The molecule has 0 atom stereocenters. The van der Waals surface area contributed by atoms with Crippen LogP contribution in [0.2, 0.25) is 0 Å². The fourth-order valence-corrected chi connectivity index (χ4v) is 2.97. The van der Waals surface area contributed by atoms with Crippen molar-refractivity contribution < 1.29 is 4.79 Å². The fourth-order valence-electron chi connectivity index (χ4n) is 2.97. The summed E-state index contributed by atoms with van der Waals surface area (Å²) in [5, 5.41) is 10.0. The first-order valence-electron chi connectivity index (χ1n) is 7.79. The minimum Gasteiger partial charge on any atom is -0.395 e. The molecule has 1 fully saturated rings. The minimum absolute atomic E-state index is 0.138. The van der Waals surface area contributed by atoms with E-state index < -0.39 is 0 Å². The second kappa shape index (κ2) is 6.77. The molecule has 0 unspecified atom stereocenters. The van der Waals surface area contributed by atoms with Crippen molar-refractivity contribution in [3.63, 3.8) is 0 Å². The SMILES string of the molecule is CCCc1[nH]nc(C(=O)NC2CCC(CC)CC2)c1N. The topological polar surface area (TPSA) is 83.8 Å². The molecule has 0 bridgehead atoms. The summed E-state index contributed by atoms with van der Waals surface area (Å²) in [7, 11) is 0. The normalized spacial score (nSPS) is 22.7. The minimum atomic E-state index is -0.138. The monoisotopic (exact) mass is 278 g/mol. The zero-order valence-corrected chi connectivity index (χ0v) is 12.5. The van der Waals surface area contributed by atoms with Crippen LogP contribution >= 0.6 is 0 Å². The predicted octanol–water partition coefficient (Wildman–Crippen LogP) is 2.64. The van der Waals surface area contributed by atoms with Gasteiger partial charge in [0.2, 0.25) is 0 Å². The van der Waals surface area contributed by atoms with Gasteiger partial charge in [-0.2, -0.15) is 5.10 Å². The average molecular weight is 278 g/mol. The highest BCUT2D eigenvalue weighted by atomic mass is 16.2. The van der Waals surface area contributed by atoms with E-state index in [-0.39, 0.29) is 11.9 Å². The third-order valence-electron chi connectivity index (χ3n) is 4.36. The molecule has 0 aromatic carbocycles. The van der Waals surface area contributed by atoms with Gasteiger partial charge in [0, 0.05) is 6.04 Å². The summed E-state index contributed by atoms with van der Waals surface area (Å²) in [6.45, 7) is 4.31. The Bertz CT molecular complexity index is 447. The van der Waals surface area contributed by atoms with E-state index in [0.717, 1.165) is 37.3 Å². The highest BCUT2D eigenvalue weighted by molar-refractivity contribution is 5.97. The zero-order chi connectivity index (χ0) is 14.5. The van der Waals surface area contributed by atoms with Gasteiger partial charge in [-0.3, -0.25) is 9.89 Å². The largest absolute Gasteiger partial charge is 0.395 e. The van der Waals surface area contributed by atoms with Gasteiger partial charge in [-0.25, -0.2) is 0 Å². The number of H-pyrrole nitrogens is 1. The van der Waals surface area contributed by atoms with Gasteiger partial charge >= 0.3 is 0 Å². The van der Waals surface area contributed by atoms with Crippen LogP contribution in [0.3, 0.4) is 0 Å². The van der Waals surface area contributed by atoms with Crippen LogP contribution in [0, 0.1) is 5.92 Å². The molecule has 20 heavy (non-hydrogen) atoms. The van der Waals surface area contributed by atoms with Crippen LogP contribution in [-0.4, -0.2) is 22.1 Å². The molecule has 1 aromatic heterocycles. The molecule has 1 amide bonds. The maximum atomic E-state index is 12.2. The summed E-state index contributed by atoms with van der Waals surface area (Å²) in [6.07, 6.45) is 7.60. The highest BCUT2D eigenvalue weighted by Gasteiger charge is 2.24. The molecule has 0 saturated heterocycles. The number of hydrogen-bond donors (Lipinski definition) is 3. The van der Waals surface area contributed by atoms with Crippen molar-refractivity contribution in [2.24, 2.45) is 5.92 Å². The number of anilines is 1. The van der Waals surface area contributed by atoms with E-state index in [4.69, 9.17) is 5.73 Å². The number of aromatic nitrogens is 2. The van der Waals surface area contributed by atoms with Crippen molar-refractivity contribution in [3.05, 3.63) is 11.4 Å². The van der Waals surface area contributed by atoms with Crippen LogP contribution in [0.25, 0.3) is 0 Å². The lowest BCUT2D eigenvalue weighted by molar-refractivity contribution is 0.0917. The van der Waals surface area contributed by atoms with Crippen molar-refractivity contribution in [2.75, 3.05) is 5.73 Å². The van der Waals surface area contributed by atoms with Crippen molar-refractivity contribution in [1.29, 1.82) is 0 Å². The third kappa shape index (κ3) is 3.32. The molecule has 5 heteroatoms. The lowest BCUT2D eigenvalue weighted by atomic mass is 9.84. The van der Waals surface area contributed by atoms with Gasteiger partial charge in [-0.15, -0.1) is 0 Å². The second-order valence-corrected chi connectivity index (χ2v) is 5.81. The molecule has 5 nitrogen and oxygen atoms in total. The van der Waals surface area contributed by atoms with E-state index in [9.17, 15) is 4.79 Å². The van der Waals surface area contributed by atoms with Crippen LogP contribution in [0.5, 0.6) is 0 Å². The molecule has 1 heterocycles. The summed E-state index contributed by atoms with van der Waals surface area (Å²) < 4.78 is 0. The number of amides is 1. The summed E-state index contributed by atoms with van der Waals surface area (Å²) >= 11 is 0. The first-order chi connectivity index (χ1) is 9.65. The van der Waals surface area contributed by atoms with Crippen molar-refractivity contribution >= 4 is 11.6 Å². The van der Waals surface area contributed by atoms with E-state index in [2.05, 4.69) is 29.4 Å². The summed E-state index contributed by atoms with van der Waals surface area (Å²) in [6, 6.07) is 0.274. The molecule has 1 aliphatic carbocycles. The average Bonchev–Trinajstić information content (AvgIpc) is 2.82. The van der Waals surface area contributed by atoms with Gasteiger partial charge < -0.3 is 11.1 Å². The van der Waals surface area contributed by atoms with Gasteiger partial charge in [-0.1, -0.05) is 26.7 Å². The third-order valence-corrected chi connectivity index (χ3v) is 4.36. The van der Waals surface area contributed by atoms with Crippen LogP contribution in [0.4, 0.5) is 5.69 Å². The molecule has 1 aromatic rings. The molecule has 4 N–H and O–H groups in total. The quantitative estimate of drug-likeness (QED) is 0.774. The first-order valence-corrected chi connectivity index (χ1v) is 7.79. The Labute approximate surface area is 120 Å². The van der Waals surface area contributed by atoms with Crippen LogP contribution in [0.15, 0.2) is 0 Å². The smallest absolute Gasteiger partial charge is 0.274 e.